The number of halogens is 1. The third kappa shape index (κ3) is 2.69. The first-order valence-electron chi connectivity index (χ1n) is 5.48. The number of benzene rings is 1. The van der Waals surface area contributed by atoms with Gasteiger partial charge in [-0.05, 0) is 30.3 Å². The summed E-state index contributed by atoms with van der Waals surface area (Å²) in [4.78, 5) is 4.20. The lowest BCUT2D eigenvalue weighted by atomic mass is 10.1. The van der Waals surface area contributed by atoms with E-state index in [1.165, 1.54) is 12.1 Å². The molecule has 2 rings (SSSR count). The molecule has 1 aliphatic heterocycles. The molecule has 3 heteroatoms. The van der Waals surface area contributed by atoms with Crippen molar-refractivity contribution >= 4 is 11.5 Å². The number of hydrogen-bond acceptors (Lipinski definition) is 2. The maximum Gasteiger partial charge on any atom is 0.123 e. The van der Waals surface area contributed by atoms with E-state index < -0.39 is 0 Å². The van der Waals surface area contributed by atoms with E-state index in [4.69, 9.17) is 5.73 Å². The Bertz CT molecular complexity index is 404. The Morgan fingerprint density at radius 1 is 1.19 bits per heavy atom. The second-order valence-electron chi connectivity index (χ2n) is 3.38. The molecule has 2 nitrogen and oxygen atoms in total. The van der Waals surface area contributed by atoms with Crippen molar-refractivity contribution in [1.82, 2.24) is 0 Å². The zero-order valence-corrected chi connectivity index (χ0v) is 9.87. The quantitative estimate of drug-likeness (QED) is 0.775. The van der Waals surface area contributed by atoms with Crippen molar-refractivity contribution < 1.29 is 4.39 Å². The summed E-state index contributed by atoms with van der Waals surface area (Å²) in [6.45, 7) is 5.98. The van der Waals surface area contributed by atoms with Gasteiger partial charge in [0, 0.05) is 11.5 Å². The van der Waals surface area contributed by atoms with Crippen LogP contribution in [0.5, 0.6) is 0 Å². The molecule has 0 saturated heterocycles. The average Bonchev–Trinajstić information content (AvgIpc) is 2.63. The predicted octanol–water partition coefficient (Wildman–Crippen LogP) is 3.20. The first kappa shape index (κ1) is 12.4. The van der Waals surface area contributed by atoms with E-state index >= 15 is 0 Å². The van der Waals surface area contributed by atoms with Crippen molar-refractivity contribution in [2.45, 2.75) is 20.8 Å². The number of amidine groups is 1. The van der Waals surface area contributed by atoms with Gasteiger partial charge in [-0.25, -0.2) is 9.38 Å². The normalized spacial score (nSPS) is 18.4. The highest BCUT2D eigenvalue weighted by Gasteiger charge is 2.14. The van der Waals surface area contributed by atoms with Crippen LogP contribution >= 0.6 is 0 Å². The molecule has 1 heterocycles. The lowest BCUT2D eigenvalue weighted by Gasteiger charge is -1.97. The SMILES string of the molecule is CC.CC1C=C(c2ccc(F)cc2)N=C1N. The van der Waals surface area contributed by atoms with Gasteiger partial charge in [0.05, 0.1) is 5.70 Å². The minimum Gasteiger partial charge on any atom is -0.387 e. The van der Waals surface area contributed by atoms with Gasteiger partial charge in [-0.1, -0.05) is 20.8 Å². The van der Waals surface area contributed by atoms with Gasteiger partial charge in [0.15, 0.2) is 0 Å². The van der Waals surface area contributed by atoms with Crippen molar-refractivity contribution in [3.63, 3.8) is 0 Å². The van der Waals surface area contributed by atoms with Crippen LogP contribution in [-0.4, -0.2) is 5.84 Å². The van der Waals surface area contributed by atoms with E-state index in [0.717, 1.165) is 11.3 Å². The van der Waals surface area contributed by atoms with Crippen molar-refractivity contribution in [1.29, 1.82) is 0 Å². The van der Waals surface area contributed by atoms with Crippen LogP contribution < -0.4 is 5.73 Å². The lowest BCUT2D eigenvalue weighted by Crippen LogP contribution is -2.15. The third-order valence-electron chi connectivity index (χ3n) is 2.26. The third-order valence-corrected chi connectivity index (χ3v) is 2.26. The first-order chi connectivity index (χ1) is 7.66. The molecular weight excluding hydrogens is 203 g/mol. The van der Waals surface area contributed by atoms with Crippen molar-refractivity contribution in [2.75, 3.05) is 0 Å². The number of aliphatic imine (C=N–C) groups is 1. The zero-order valence-electron chi connectivity index (χ0n) is 9.87. The fourth-order valence-electron chi connectivity index (χ4n) is 1.38. The van der Waals surface area contributed by atoms with Crippen LogP contribution in [0.2, 0.25) is 0 Å². The Kier molecular flexibility index (Phi) is 4.23. The fourth-order valence-corrected chi connectivity index (χ4v) is 1.38. The van der Waals surface area contributed by atoms with Crippen LogP contribution in [0.4, 0.5) is 4.39 Å². The summed E-state index contributed by atoms with van der Waals surface area (Å²) < 4.78 is 12.6. The maximum absolute atomic E-state index is 12.6. The number of rotatable bonds is 1. The Morgan fingerprint density at radius 2 is 1.75 bits per heavy atom. The highest BCUT2D eigenvalue weighted by molar-refractivity contribution is 5.94. The van der Waals surface area contributed by atoms with Crippen LogP contribution in [0.3, 0.4) is 0 Å². The molecule has 0 aliphatic carbocycles. The zero-order chi connectivity index (χ0) is 12.1. The van der Waals surface area contributed by atoms with Gasteiger partial charge in [0.25, 0.3) is 0 Å². The molecule has 1 atom stereocenters. The summed E-state index contributed by atoms with van der Waals surface area (Å²) in [7, 11) is 0. The molecule has 0 saturated carbocycles. The van der Waals surface area contributed by atoms with Gasteiger partial charge in [-0.15, -0.1) is 0 Å². The second-order valence-corrected chi connectivity index (χ2v) is 3.38. The van der Waals surface area contributed by atoms with E-state index in [-0.39, 0.29) is 11.7 Å². The van der Waals surface area contributed by atoms with E-state index in [9.17, 15) is 4.39 Å². The summed E-state index contributed by atoms with van der Waals surface area (Å²) in [6.07, 6.45) is 1.97. The number of nitrogens with two attached hydrogens (primary N) is 1. The summed E-state index contributed by atoms with van der Waals surface area (Å²) >= 11 is 0. The van der Waals surface area contributed by atoms with Gasteiger partial charge < -0.3 is 5.73 Å². The summed E-state index contributed by atoms with van der Waals surface area (Å²) in [5.41, 5.74) is 7.39. The number of nitrogens with zero attached hydrogens (tertiary/aromatic N) is 1. The molecule has 0 amide bonds. The van der Waals surface area contributed by atoms with Crippen molar-refractivity contribution in [3.05, 3.63) is 41.7 Å². The first-order valence-corrected chi connectivity index (χ1v) is 5.48. The average molecular weight is 220 g/mol. The predicted molar refractivity (Wildman–Crippen MR) is 66.5 cm³/mol. The van der Waals surface area contributed by atoms with E-state index in [1.54, 1.807) is 12.1 Å². The Morgan fingerprint density at radius 3 is 2.19 bits per heavy atom. The fraction of sp³-hybridized carbons (Fsp3) is 0.308. The van der Waals surface area contributed by atoms with Gasteiger partial charge >= 0.3 is 0 Å². The lowest BCUT2D eigenvalue weighted by molar-refractivity contribution is 0.627. The standard InChI is InChI=1S/C11H11FN2.C2H6/c1-7-6-10(14-11(7)13)8-2-4-9(12)5-3-8;1-2/h2-7H,1H3,(H2,13,14);1-2H3. The molecule has 86 valence electrons. The number of hydrogen-bond donors (Lipinski definition) is 1. The van der Waals surface area contributed by atoms with Gasteiger partial charge in [-0.3, -0.25) is 0 Å². The van der Waals surface area contributed by atoms with Crippen molar-refractivity contribution in [3.8, 4) is 0 Å². The van der Waals surface area contributed by atoms with Gasteiger partial charge in [0.2, 0.25) is 0 Å². The summed E-state index contributed by atoms with van der Waals surface area (Å²) in [5.74, 6) is 0.553. The monoisotopic (exact) mass is 220 g/mol. The molecule has 1 aliphatic rings. The van der Waals surface area contributed by atoms with Crippen LogP contribution in [0, 0.1) is 11.7 Å². The van der Waals surface area contributed by atoms with Crippen LogP contribution in [0.15, 0.2) is 35.3 Å². The molecule has 1 aromatic rings. The highest BCUT2D eigenvalue weighted by atomic mass is 19.1. The summed E-state index contributed by atoms with van der Waals surface area (Å²) in [5, 5.41) is 0. The van der Waals surface area contributed by atoms with E-state index in [1.807, 2.05) is 26.8 Å². The summed E-state index contributed by atoms with van der Waals surface area (Å²) in [6, 6.07) is 6.25. The van der Waals surface area contributed by atoms with Crippen LogP contribution in [-0.2, 0) is 0 Å². The van der Waals surface area contributed by atoms with Crippen LogP contribution in [0.25, 0.3) is 5.70 Å². The molecular formula is C13H17FN2. The largest absolute Gasteiger partial charge is 0.387 e. The minimum atomic E-state index is -0.239. The second kappa shape index (κ2) is 5.45. The van der Waals surface area contributed by atoms with E-state index in [2.05, 4.69) is 4.99 Å². The molecule has 16 heavy (non-hydrogen) atoms. The molecule has 2 N–H and O–H groups in total. The van der Waals surface area contributed by atoms with Gasteiger partial charge in [-0.2, -0.15) is 0 Å². The minimum absolute atomic E-state index is 0.176. The molecule has 0 fully saturated rings. The Hall–Kier alpha value is -1.64. The smallest absolute Gasteiger partial charge is 0.123 e. The van der Waals surface area contributed by atoms with E-state index in [0.29, 0.717) is 5.84 Å². The molecule has 0 bridgehead atoms. The molecule has 1 unspecified atom stereocenters. The van der Waals surface area contributed by atoms with Crippen LogP contribution in [0.1, 0.15) is 26.3 Å². The molecule has 0 spiro atoms. The molecule has 1 aromatic carbocycles. The Balaban J connectivity index is 0.000000606. The molecule has 0 radical (unpaired) electrons. The van der Waals surface area contributed by atoms with Gasteiger partial charge in [0.1, 0.15) is 11.7 Å². The Labute approximate surface area is 95.7 Å². The topological polar surface area (TPSA) is 38.4 Å². The van der Waals surface area contributed by atoms with Crippen molar-refractivity contribution in [2.24, 2.45) is 16.6 Å². The molecule has 0 aromatic heterocycles. The highest BCUT2D eigenvalue weighted by Crippen LogP contribution is 2.23. The maximum atomic E-state index is 12.6.